The van der Waals surface area contributed by atoms with Crippen molar-refractivity contribution >= 4 is 17.3 Å². The summed E-state index contributed by atoms with van der Waals surface area (Å²) in [7, 11) is 1.97. The van der Waals surface area contributed by atoms with E-state index >= 15 is 0 Å². The van der Waals surface area contributed by atoms with Gasteiger partial charge in [0.1, 0.15) is 0 Å². The first-order chi connectivity index (χ1) is 16.7. The van der Waals surface area contributed by atoms with Gasteiger partial charge >= 0.3 is 0 Å². The van der Waals surface area contributed by atoms with Gasteiger partial charge in [-0.2, -0.15) is 0 Å². The maximum Gasteiger partial charge on any atom is 0.260 e. The second-order valence-corrected chi connectivity index (χ2v) is 9.19. The fourth-order valence-electron chi connectivity index (χ4n) is 5.21. The quantitative estimate of drug-likeness (QED) is 0.508. The normalized spacial score (nSPS) is 18.4. The smallest absolute Gasteiger partial charge is 0.260 e. The van der Waals surface area contributed by atoms with Crippen LogP contribution in [-0.4, -0.2) is 38.6 Å². The Kier molecular flexibility index (Phi) is 6.93. The van der Waals surface area contributed by atoms with Gasteiger partial charge in [0, 0.05) is 30.5 Å². The Morgan fingerprint density at radius 1 is 1.03 bits per heavy atom. The Labute approximate surface area is 202 Å². The van der Waals surface area contributed by atoms with Crippen molar-refractivity contribution in [2.75, 3.05) is 36.5 Å². The third-order valence-corrected chi connectivity index (χ3v) is 6.96. The second-order valence-electron chi connectivity index (χ2n) is 9.19. The number of para-hydroxylation sites is 1. The molecule has 3 aromatic carbocycles. The zero-order valence-electron chi connectivity index (χ0n) is 19.8. The molecule has 1 saturated heterocycles. The van der Waals surface area contributed by atoms with Gasteiger partial charge in [0.05, 0.1) is 18.3 Å². The monoisotopic (exact) mass is 455 g/mol. The average molecular weight is 456 g/mol. The molecule has 3 aromatic rings. The lowest BCUT2D eigenvalue weighted by atomic mass is 10.1. The lowest BCUT2D eigenvalue weighted by molar-refractivity contribution is 0.0344. The molecule has 5 heteroatoms. The van der Waals surface area contributed by atoms with Gasteiger partial charge in [-0.1, -0.05) is 54.6 Å². The molecule has 2 aliphatic rings. The zero-order chi connectivity index (χ0) is 23.3. The number of amides is 1. The van der Waals surface area contributed by atoms with Crippen LogP contribution in [0.2, 0.25) is 0 Å². The molecule has 0 radical (unpaired) electrons. The number of nitrogens with zero attached hydrogens (tertiary/aromatic N) is 2. The third kappa shape index (κ3) is 4.72. The van der Waals surface area contributed by atoms with Gasteiger partial charge in [0.2, 0.25) is 0 Å². The lowest BCUT2D eigenvalue weighted by Crippen LogP contribution is -2.39. The van der Waals surface area contributed by atoms with Crippen molar-refractivity contribution in [1.29, 1.82) is 0 Å². The Balaban J connectivity index is 1.37. The predicted octanol–water partition coefficient (Wildman–Crippen LogP) is 5.18. The third-order valence-electron chi connectivity index (χ3n) is 6.96. The topological polar surface area (TPSA) is 44.8 Å². The summed E-state index contributed by atoms with van der Waals surface area (Å²) in [5, 5.41) is 3.23. The molecule has 0 spiro atoms. The van der Waals surface area contributed by atoms with E-state index in [9.17, 15) is 4.79 Å². The molecule has 0 bridgehead atoms. The van der Waals surface area contributed by atoms with E-state index < -0.39 is 0 Å². The van der Waals surface area contributed by atoms with Crippen LogP contribution in [0.1, 0.15) is 46.9 Å². The molecule has 34 heavy (non-hydrogen) atoms. The number of carbonyl (C=O) groups is 1. The molecule has 1 N–H and O–H groups in total. The van der Waals surface area contributed by atoms with Crippen LogP contribution in [0.15, 0.2) is 78.9 Å². The van der Waals surface area contributed by atoms with Gasteiger partial charge in [-0.3, -0.25) is 4.79 Å². The molecule has 176 valence electrons. The van der Waals surface area contributed by atoms with Crippen molar-refractivity contribution in [3.8, 4) is 0 Å². The van der Waals surface area contributed by atoms with E-state index in [2.05, 4.69) is 52.7 Å². The number of anilines is 2. The Hall–Kier alpha value is -3.15. The van der Waals surface area contributed by atoms with Crippen LogP contribution >= 0.6 is 0 Å². The summed E-state index contributed by atoms with van der Waals surface area (Å²) in [6.07, 6.45) is 3.21. The Bertz CT molecular complexity index is 1120. The minimum Gasteiger partial charge on any atom is -0.369 e. The van der Waals surface area contributed by atoms with E-state index in [1.54, 1.807) is 0 Å². The highest BCUT2D eigenvalue weighted by Gasteiger charge is 2.35. The summed E-state index contributed by atoms with van der Waals surface area (Å²) >= 11 is 0. The number of rotatable bonds is 8. The van der Waals surface area contributed by atoms with Crippen LogP contribution < -0.4 is 15.1 Å². The summed E-state index contributed by atoms with van der Waals surface area (Å²) in [6.45, 7) is 3.13. The fourth-order valence-corrected chi connectivity index (χ4v) is 5.21. The number of hydrogen-bond donors (Lipinski definition) is 1. The van der Waals surface area contributed by atoms with E-state index in [1.165, 1.54) is 12.0 Å². The zero-order valence-corrected chi connectivity index (χ0v) is 19.8. The number of benzene rings is 3. The first kappa shape index (κ1) is 22.6. The fraction of sp³-hybridized carbons (Fsp3) is 0.345. The number of carbonyl (C=O) groups excluding carboxylic acids is 1. The molecule has 0 aromatic heterocycles. The van der Waals surface area contributed by atoms with Crippen LogP contribution in [0, 0.1) is 0 Å². The van der Waals surface area contributed by atoms with Gasteiger partial charge < -0.3 is 19.9 Å². The number of hydrogen-bond acceptors (Lipinski definition) is 4. The maximum atomic E-state index is 13.6. The van der Waals surface area contributed by atoms with Crippen LogP contribution in [0.4, 0.5) is 11.4 Å². The van der Waals surface area contributed by atoms with Crippen molar-refractivity contribution in [3.05, 3.63) is 95.6 Å². The molecule has 2 unspecified atom stereocenters. The molecule has 2 aliphatic heterocycles. The van der Waals surface area contributed by atoms with E-state index in [0.717, 1.165) is 48.4 Å². The average Bonchev–Trinajstić information content (AvgIpc) is 3.31. The molecule has 2 heterocycles. The molecule has 5 nitrogen and oxygen atoms in total. The summed E-state index contributed by atoms with van der Waals surface area (Å²) in [5.41, 5.74) is 5.09. The van der Waals surface area contributed by atoms with Crippen LogP contribution in [0.3, 0.4) is 0 Å². The van der Waals surface area contributed by atoms with E-state index in [0.29, 0.717) is 19.2 Å². The molecule has 0 saturated carbocycles. The van der Waals surface area contributed by atoms with Gasteiger partial charge in [-0.05, 0) is 68.2 Å². The number of nitrogens with one attached hydrogen (secondary N) is 1. The molecule has 2 atom stereocenters. The summed E-state index contributed by atoms with van der Waals surface area (Å²) < 4.78 is 6.38. The van der Waals surface area contributed by atoms with Gasteiger partial charge in [0.25, 0.3) is 5.91 Å². The van der Waals surface area contributed by atoms with E-state index in [-0.39, 0.29) is 12.0 Å². The predicted molar refractivity (Wildman–Crippen MR) is 137 cm³/mol. The van der Waals surface area contributed by atoms with Crippen LogP contribution in [0.5, 0.6) is 0 Å². The number of fused-ring (bicyclic) bond motifs is 3. The minimum absolute atomic E-state index is 0.0241. The first-order valence-electron chi connectivity index (χ1n) is 12.3. The van der Waals surface area contributed by atoms with Crippen LogP contribution in [-0.2, 0) is 11.3 Å². The minimum atomic E-state index is 0.0241. The van der Waals surface area contributed by atoms with Gasteiger partial charge in [0.15, 0.2) is 0 Å². The van der Waals surface area contributed by atoms with Crippen LogP contribution in [0.25, 0.3) is 0 Å². The standard InChI is InChI=1S/C29H33N3O2/c1-30-17-16-28(23-10-3-2-4-11-23)34-21-22-9-7-12-24(19-22)32-20-25-13-8-18-31(25)27-15-6-5-14-26(27)29(32)33/h2-7,9-12,14-15,19,25,28,30H,8,13,16-18,20-21H2,1H3. The summed E-state index contributed by atoms with van der Waals surface area (Å²) in [5.74, 6) is 0.0826. The number of ether oxygens (including phenoxy) is 1. The van der Waals surface area contributed by atoms with Crippen molar-refractivity contribution < 1.29 is 9.53 Å². The van der Waals surface area contributed by atoms with E-state index in [1.807, 2.05) is 48.3 Å². The highest BCUT2D eigenvalue weighted by molar-refractivity contribution is 6.10. The maximum absolute atomic E-state index is 13.6. The second kappa shape index (κ2) is 10.4. The molecular weight excluding hydrogens is 422 g/mol. The van der Waals surface area contributed by atoms with Gasteiger partial charge in [-0.15, -0.1) is 0 Å². The molecule has 1 amide bonds. The molecule has 5 rings (SSSR count). The Morgan fingerprint density at radius 3 is 2.71 bits per heavy atom. The van der Waals surface area contributed by atoms with Gasteiger partial charge in [-0.25, -0.2) is 0 Å². The highest BCUT2D eigenvalue weighted by atomic mass is 16.5. The highest BCUT2D eigenvalue weighted by Crippen LogP contribution is 2.35. The molecule has 0 aliphatic carbocycles. The summed E-state index contributed by atoms with van der Waals surface area (Å²) in [6, 6.07) is 27.1. The molecule has 1 fully saturated rings. The van der Waals surface area contributed by atoms with Crippen molar-refractivity contribution in [2.45, 2.75) is 38.0 Å². The lowest BCUT2D eigenvalue weighted by Gasteiger charge is -2.28. The van der Waals surface area contributed by atoms with Crippen molar-refractivity contribution in [2.24, 2.45) is 0 Å². The van der Waals surface area contributed by atoms with Crippen molar-refractivity contribution in [3.63, 3.8) is 0 Å². The summed E-state index contributed by atoms with van der Waals surface area (Å²) in [4.78, 5) is 18.0. The largest absolute Gasteiger partial charge is 0.369 e. The first-order valence-corrected chi connectivity index (χ1v) is 12.3. The SMILES string of the molecule is CNCCC(OCc1cccc(N2CC3CCCN3c3ccccc3C2=O)c1)c1ccccc1. The Morgan fingerprint density at radius 2 is 1.85 bits per heavy atom. The molecular formula is C29H33N3O2. The van der Waals surface area contributed by atoms with E-state index in [4.69, 9.17) is 4.74 Å². The van der Waals surface area contributed by atoms with Crippen molar-refractivity contribution in [1.82, 2.24) is 5.32 Å².